The molecular formula is C20H22O3. The lowest BCUT2D eigenvalue weighted by atomic mass is 9.96. The fourth-order valence-corrected chi connectivity index (χ4v) is 2.38. The molecule has 3 heteroatoms. The van der Waals surface area contributed by atoms with Gasteiger partial charge in [-0.25, -0.2) is 4.79 Å². The maximum absolute atomic E-state index is 11.7. The predicted molar refractivity (Wildman–Crippen MR) is 93.4 cm³/mol. The summed E-state index contributed by atoms with van der Waals surface area (Å²) in [7, 11) is 0. The highest BCUT2D eigenvalue weighted by atomic mass is 16.5. The van der Waals surface area contributed by atoms with E-state index in [1.165, 1.54) is 0 Å². The van der Waals surface area contributed by atoms with Crippen LogP contribution in [0.3, 0.4) is 0 Å². The van der Waals surface area contributed by atoms with Gasteiger partial charge in [0.2, 0.25) is 0 Å². The number of rotatable bonds is 4. The fourth-order valence-electron chi connectivity index (χ4n) is 2.38. The average Bonchev–Trinajstić information content (AvgIpc) is 2.48. The van der Waals surface area contributed by atoms with E-state index in [0.717, 1.165) is 16.9 Å². The van der Waals surface area contributed by atoms with E-state index in [4.69, 9.17) is 4.74 Å². The van der Waals surface area contributed by atoms with E-state index < -0.39 is 5.97 Å². The normalized spacial score (nSPS) is 12.5. The number of aliphatic carboxylic acids is 1. The molecule has 0 atom stereocenters. The molecular weight excluding hydrogens is 288 g/mol. The second-order valence-corrected chi connectivity index (χ2v) is 6.41. The zero-order valence-electron chi connectivity index (χ0n) is 14.0. The van der Waals surface area contributed by atoms with E-state index in [1.54, 1.807) is 12.1 Å². The molecule has 0 fully saturated rings. The van der Waals surface area contributed by atoms with Gasteiger partial charge in [0.15, 0.2) is 0 Å². The van der Waals surface area contributed by atoms with Crippen molar-refractivity contribution in [3.05, 3.63) is 65.7 Å². The molecule has 0 unspecified atom stereocenters. The highest BCUT2D eigenvalue weighted by Crippen LogP contribution is 2.28. The second kappa shape index (κ2) is 6.69. The van der Waals surface area contributed by atoms with Crippen molar-refractivity contribution in [1.82, 2.24) is 0 Å². The standard InChI is InChI=1S/C20H22O3/c1-14(15-8-6-5-7-9-15)18(19(21)22)16-10-12-17(13-11-16)23-20(2,3)4/h5-13H,1-4H3,(H,21,22)/b18-14+. The number of hydrogen-bond donors (Lipinski definition) is 1. The van der Waals surface area contributed by atoms with Crippen LogP contribution in [-0.2, 0) is 4.79 Å². The number of benzene rings is 2. The van der Waals surface area contributed by atoms with E-state index in [2.05, 4.69) is 0 Å². The van der Waals surface area contributed by atoms with Crippen molar-refractivity contribution in [1.29, 1.82) is 0 Å². The molecule has 23 heavy (non-hydrogen) atoms. The van der Waals surface area contributed by atoms with Crippen LogP contribution in [0.15, 0.2) is 54.6 Å². The molecule has 0 spiro atoms. The molecule has 0 aliphatic rings. The molecule has 2 aromatic rings. The molecule has 0 amide bonds. The molecule has 0 heterocycles. The first-order valence-corrected chi connectivity index (χ1v) is 7.57. The van der Waals surface area contributed by atoms with Gasteiger partial charge in [-0.15, -0.1) is 0 Å². The van der Waals surface area contributed by atoms with Crippen LogP contribution in [0.1, 0.15) is 38.8 Å². The SMILES string of the molecule is C/C(=C(\C(=O)O)c1ccc(OC(C)(C)C)cc1)c1ccccc1. The molecule has 0 aliphatic heterocycles. The maximum atomic E-state index is 11.7. The third kappa shape index (κ3) is 4.46. The van der Waals surface area contributed by atoms with Crippen molar-refractivity contribution in [2.24, 2.45) is 0 Å². The molecule has 0 aliphatic carbocycles. The molecule has 0 saturated carbocycles. The Balaban J connectivity index is 2.41. The third-order valence-electron chi connectivity index (χ3n) is 3.36. The number of ether oxygens (including phenoxy) is 1. The average molecular weight is 310 g/mol. The van der Waals surface area contributed by atoms with Crippen LogP contribution in [0, 0.1) is 0 Å². The molecule has 2 aromatic carbocycles. The van der Waals surface area contributed by atoms with Crippen LogP contribution in [-0.4, -0.2) is 16.7 Å². The van der Waals surface area contributed by atoms with Gasteiger partial charge in [0.05, 0.1) is 5.57 Å². The molecule has 120 valence electrons. The summed E-state index contributed by atoms with van der Waals surface area (Å²) in [6, 6.07) is 16.7. The Kier molecular flexibility index (Phi) is 4.89. The van der Waals surface area contributed by atoms with Gasteiger partial charge in [-0.1, -0.05) is 42.5 Å². The van der Waals surface area contributed by atoms with Gasteiger partial charge in [0, 0.05) is 0 Å². The van der Waals surface area contributed by atoms with Crippen molar-refractivity contribution >= 4 is 17.1 Å². The first-order chi connectivity index (χ1) is 10.8. The number of carboxylic acids is 1. The largest absolute Gasteiger partial charge is 0.488 e. The van der Waals surface area contributed by atoms with E-state index >= 15 is 0 Å². The monoisotopic (exact) mass is 310 g/mol. The van der Waals surface area contributed by atoms with Gasteiger partial charge in [-0.3, -0.25) is 0 Å². The Morgan fingerprint density at radius 3 is 1.96 bits per heavy atom. The minimum absolute atomic E-state index is 0.285. The lowest BCUT2D eigenvalue weighted by Crippen LogP contribution is -2.22. The van der Waals surface area contributed by atoms with Crippen molar-refractivity contribution in [3.63, 3.8) is 0 Å². The molecule has 1 N–H and O–H groups in total. The Morgan fingerprint density at radius 1 is 0.913 bits per heavy atom. The summed E-state index contributed by atoms with van der Waals surface area (Å²) in [6.07, 6.45) is 0. The quantitative estimate of drug-likeness (QED) is 0.646. The van der Waals surface area contributed by atoms with Crippen molar-refractivity contribution in [2.75, 3.05) is 0 Å². The fraction of sp³-hybridized carbons (Fsp3) is 0.250. The van der Waals surface area contributed by atoms with Crippen LogP contribution < -0.4 is 4.74 Å². The number of carbonyl (C=O) groups is 1. The summed E-state index contributed by atoms with van der Waals surface area (Å²) in [4.78, 5) is 11.7. The van der Waals surface area contributed by atoms with Crippen LogP contribution in [0.2, 0.25) is 0 Å². The molecule has 0 bridgehead atoms. The molecule has 2 rings (SSSR count). The van der Waals surface area contributed by atoms with E-state index in [0.29, 0.717) is 11.1 Å². The number of allylic oxidation sites excluding steroid dienone is 1. The van der Waals surface area contributed by atoms with Crippen LogP contribution >= 0.6 is 0 Å². The maximum Gasteiger partial charge on any atom is 0.336 e. The first-order valence-electron chi connectivity index (χ1n) is 7.57. The number of carboxylic acid groups (broad SMARTS) is 1. The van der Waals surface area contributed by atoms with Crippen molar-refractivity contribution in [3.8, 4) is 5.75 Å². The summed E-state index contributed by atoms with van der Waals surface area (Å²) in [5.74, 6) is -0.209. The molecule has 0 radical (unpaired) electrons. The van der Waals surface area contributed by atoms with Gasteiger partial charge >= 0.3 is 5.97 Å². The lowest BCUT2D eigenvalue weighted by Gasteiger charge is -2.21. The zero-order chi connectivity index (χ0) is 17.0. The molecule has 3 nitrogen and oxygen atoms in total. The summed E-state index contributed by atoms with van der Waals surface area (Å²) in [6.45, 7) is 7.76. The highest BCUT2D eigenvalue weighted by molar-refractivity contribution is 6.23. The lowest BCUT2D eigenvalue weighted by molar-refractivity contribution is -0.130. The third-order valence-corrected chi connectivity index (χ3v) is 3.36. The van der Waals surface area contributed by atoms with E-state index in [9.17, 15) is 9.90 Å². The van der Waals surface area contributed by atoms with Crippen LogP contribution in [0.25, 0.3) is 11.1 Å². The predicted octanol–water partition coefficient (Wildman–Crippen LogP) is 4.88. The summed E-state index contributed by atoms with van der Waals surface area (Å²) >= 11 is 0. The van der Waals surface area contributed by atoms with Crippen LogP contribution in [0.5, 0.6) is 5.75 Å². The summed E-state index contributed by atoms with van der Waals surface area (Å²) < 4.78 is 5.78. The summed E-state index contributed by atoms with van der Waals surface area (Å²) in [5, 5.41) is 9.63. The van der Waals surface area contributed by atoms with E-state index in [-0.39, 0.29) is 5.60 Å². The summed E-state index contributed by atoms with van der Waals surface area (Å²) in [5.41, 5.74) is 2.33. The van der Waals surface area contributed by atoms with E-state index in [1.807, 2.05) is 70.2 Å². The molecule has 0 aromatic heterocycles. The topological polar surface area (TPSA) is 46.5 Å². The Labute approximate surface area is 137 Å². The highest BCUT2D eigenvalue weighted by Gasteiger charge is 2.16. The van der Waals surface area contributed by atoms with Gasteiger partial charge in [-0.2, -0.15) is 0 Å². The minimum atomic E-state index is -0.934. The molecule has 0 saturated heterocycles. The Bertz CT molecular complexity index is 705. The number of hydrogen-bond acceptors (Lipinski definition) is 2. The van der Waals surface area contributed by atoms with Crippen molar-refractivity contribution < 1.29 is 14.6 Å². The zero-order valence-corrected chi connectivity index (χ0v) is 14.0. The van der Waals surface area contributed by atoms with Gasteiger partial charge in [0.1, 0.15) is 11.4 Å². The van der Waals surface area contributed by atoms with Gasteiger partial charge in [0.25, 0.3) is 0 Å². The first kappa shape index (κ1) is 16.8. The van der Waals surface area contributed by atoms with Gasteiger partial charge in [-0.05, 0) is 56.5 Å². The van der Waals surface area contributed by atoms with Crippen LogP contribution in [0.4, 0.5) is 0 Å². The Morgan fingerprint density at radius 2 is 1.48 bits per heavy atom. The minimum Gasteiger partial charge on any atom is -0.488 e. The van der Waals surface area contributed by atoms with Crippen molar-refractivity contribution in [2.45, 2.75) is 33.3 Å². The van der Waals surface area contributed by atoms with Gasteiger partial charge < -0.3 is 9.84 Å². The second-order valence-electron chi connectivity index (χ2n) is 6.41. The Hall–Kier alpha value is -2.55. The smallest absolute Gasteiger partial charge is 0.336 e.